The topological polar surface area (TPSA) is 29.3 Å². The van der Waals surface area contributed by atoms with Gasteiger partial charge in [0, 0.05) is 24.0 Å². The lowest BCUT2D eigenvalue weighted by atomic mass is 10.2. The predicted octanol–water partition coefficient (Wildman–Crippen LogP) is 2.13. The van der Waals surface area contributed by atoms with Gasteiger partial charge in [0.1, 0.15) is 0 Å². The van der Waals surface area contributed by atoms with Crippen LogP contribution in [0.1, 0.15) is 11.8 Å². The van der Waals surface area contributed by atoms with Crippen LogP contribution < -0.4 is 5.73 Å². The highest BCUT2D eigenvalue weighted by molar-refractivity contribution is 7.09. The molecule has 1 aromatic rings. The van der Waals surface area contributed by atoms with Crippen molar-refractivity contribution < 1.29 is 0 Å². The van der Waals surface area contributed by atoms with E-state index in [9.17, 15) is 0 Å². The van der Waals surface area contributed by atoms with Crippen LogP contribution >= 0.6 is 11.3 Å². The molecule has 0 saturated carbocycles. The molecule has 15 heavy (non-hydrogen) atoms. The maximum absolute atomic E-state index is 5.40. The first kappa shape index (κ1) is 12.4. The van der Waals surface area contributed by atoms with Crippen LogP contribution in [0.3, 0.4) is 0 Å². The van der Waals surface area contributed by atoms with Crippen molar-refractivity contribution in [2.75, 3.05) is 20.1 Å². The Bertz CT molecular complexity index is 280. The summed E-state index contributed by atoms with van der Waals surface area (Å²) in [5.41, 5.74) is 5.40. The maximum Gasteiger partial charge on any atom is 0.0163 e. The highest BCUT2D eigenvalue weighted by atomic mass is 32.1. The van der Waals surface area contributed by atoms with Crippen molar-refractivity contribution in [3.8, 4) is 0 Å². The molecule has 1 rings (SSSR count). The van der Waals surface area contributed by atoms with Crippen molar-refractivity contribution in [3.05, 3.63) is 34.5 Å². The van der Waals surface area contributed by atoms with Crippen LogP contribution in [0.4, 0.5) is 0 Å². The third-order valence-corrected chi connectivity index (χ3v) is 3.42. The average molecular weight is 224 g/mol. The van der Waals surface area contributed by atoms with Crippen molar-refractivity contribution in [1.29, 1.82) is 0 Å². The fourth-order valence-electron chi connectivity index (χ4n) is 1.39. The minimum atomic E-state index is 0.575. The molecule has 0 saturated heterocycles. The monoisotopic (exact) mass is 224 g/mol. The van der Waals surface area contributed by atoms with E-state index in [4.69, 9.17) is 5.73 Å². The Kier molecular flexibility index (Phi) is 5.61. The smallest absolute Gasteiger partial charge is 0.0163 e. The zero-order chi connectivity index (χ0) is 11.1. The van der Waals surface area contributed by atoms with Crippen LogP contribution in [0, 0.1) is 0 Å². The van der Waals surface area contributed by atoms with Crippen molar-refractivity contribution in [1.82, 2.24) is 4.90 Å². The van der Waals surface area contributed by atoms with E-state index < -0.39 is 0 Å². The van der Waals surface area contributed by atoms with E-state index in [2.05, 4.69) is 42.5 Å². The van der Waals surface area contributed by atoms with Gasteiger partial charge in [0.2, 0.25) is 0 Å². The second kappa shape index (κ2) is 6.77. The molecule has 0 fully saturated rings. The van der Waals surface area contributed by atoms with Gasteiger partial charge in [-0.3, -0.25) is 4.90 Å². The Morgan fingerprint density at radius 1 is 1.53 bits per heavy atom. The van der Waals surface area contributed by atoms with Gasteiger partial charge in [-0.15, -0.1) is 11.3 Å². The van der Waals surface area contributed by atoms with Crippen molar-refractivity contribution in [2.24, 2.45) is 5.73 Å². The molecule has 3 heteroatoms. The molecule has 1 atom stereocenters. The third kappa shape index (κ3) is 4.60. The molecule has 0 aliphatic heterocycles. The third-order valence-electron chi connectivity index (χ3n) is 2.53. The Hall–Kier alpha value is -0.640. The first-order chi connectivity index (χ1) is 7.24. The number of rotatable bonds is 6. The highest BCUT2D eigenvalue weighted by Gasteiger charge is 2.08. The van der Waals surface area contributed by atoms with E-state index in [1.54, 1.807) is 0 Å². The molecule has 0 spiro atoms. The second-order valence-electron chi connectivity index (χ2n) is 3.78. The summed E-state index contributed by atoms with van der Waals surface area (Å²) < 4.78 is 0. The van der Waals surface area contributed by atoms with E-state index in [1.165, 1.54) is 4.88 Å². The van der Waals surface area contributed by atoms with Gasteiger partial charge >= 0.3 is 0 Å². The molecule has 1 aromatic heterocycles. The van der Waals surface area contributed by atoms with Gasteiger partial charge in [0.15, 0.2) is 0 Å². The summed E-state index contributed by atoms with van der Waals surface area (Å²) in [4.78, 5) is 3.79. The normalized spacial score (nSPS) is 13.9. The van der Waals surface area contributed by atoms with Gasteiger partial charge in [0.05, 0.1) is 0 Å². The standard InChI is InChI=1S/C12H20N2S/c1-11(10-12-6-5-9-15-12)14(2)8-4-3-7-13/h3-6,9,11H,7-8,10,13H2,1-2H3. The van der Waals surface area contributed by atoms with Crippen LogP contribution in [-0.2, 0) is 6.42 Å². The van der Waals surface area contributed by atoms with Gasteiger partial charge in [-0.25, -0.2) is 0 Å². The number of hydrogen-bond acceptors (Lipinski definition) is 3. The number of likely N-dealkylation sites (N-methyl/N-ethyl adjacent to an activating group) is 1. The molecule has 0 radical (unpaired) electrons. The molecule has 84 valence electrons. The Morgan fingerprint density at radius 3 is 2.93 bits per heavy atom. The molecular weight excluding hydrogens is 204 g/mol. The first-order valence-electron chi connectivity index (χ1n) is 5.31. The summed E-state index contributed by atoms with van der Waals surface area (Å²) in [7, 11) is 2.15. The number of thiophene rings is 1. The fraction of sp³-hybridized carbons (Fsp3) is 0.500. The molecule has 0 aliphatic rings. The van der Waals surface area contributed by atoms with E-state index in [1.807, 2.05) is 17.4 Å². The van der Waals surface area contributed by atoms with Gasteiger partial charge in [0.25, 0.3) is 0 Å². The number of hydrogen-bond donors (Lipinski definition) is 1. The highest BCUT2D eigenvalue weighted by Crippen LogP contribution is 2.13. The summed E-state index contributed by atoms with van der Waals surface area (Å²) in [6.45, 7) is 3.87. The molecular formula is C12H20N2S. The SMILES string of the molecule is CC(Cc1cccs1)N(C)CC=CCN. The van der Waals surface area contributed by atoms with Crippen LogP contribution in [0.5, 0.6) is 0 Å². The molecule has 0 bridgehead atoms. The summed E-state index contributed by atoms with van der Waals surface area (Å²) >= 11 is 1.83. The lowest BCUT2D eigenvalue weighted by Gasteiger charge is -2.22. The van der Waals surface area contributed by atoms with E-state index in [-0.39, 0.29) is 0 Å². The van der Waals surface area contributed by atoms with E-state index in [0.717, 1.165) is 13.0 Å². The van der Waals surface area contributed by atoms with Crippen LogP contribution in [-0.4, -0.2) is 31.1 Å². The number of nitrogens with zero attached hydrogens (tertiary/aromatic N) is 1. The van der Waals surface area contributed by atoms with Crippen LogP contribution in [0.15, 0.2) is 29.7 Å². The Labute approximate surface area is 96.4 Å². The quantitative estimate of drug-likeness (QED) is 0.750. The summed E-state index contributed by atoms with van der Waals surface area (Å²) in [5, 5.41) is 2.14. The minimum Gasteiger partial charge on any atom is -0.327 e. The van der Waals surface area contributed by atoms with Gasteiger partial charge in [-0.05, 0) is 31.8 Å². The zero-order valence-electron chi connectivity index (χ0n) is 9.52. The van der Waals surface area contributed by atoms with Gasteiger partial charge in [-0.2, -0.15) is 0 Å². The minimum absolute atomic E-state index is 0.575. The van der Waals surface area contributed by atoms with Crippen molar-refractivity contribution in [3.63, 3.8) is 0 Å². The Morgan fingerprint density at radius 2 is 2.33 bits per heavy atom. The van der Waals surface area contributed by atoms with Gasteiger partial charge < -0.3 is 5.73 Å². The average Bonchev–Trinajstić information content (AvgIpc) is 2.70. The lowest BCUT2D eigenvalue weighted by molar-refractivity contribution is 0.284. The molecule has 1 unspecified atom stereocenters. The van der Waals surface area contributed by atoms with Crippen molar-refractivity contribution >= 4 is 11.3 Å². The first-order valence-corrected chi connectivity index (χ1v) is 6.19. The second-order valence-corrected chi connectivity index (χ2v) is 4.81. The molecule has 2 N–H and O–H groups in total. The molecule has 0 amide bonds. The molecule has 0 aromatic carbocycles. The molecule has 1 heterocycles. The summed E-state index contributed by atoms with van der Waals surface area (Å²) in [5.74, 6) is 0. The summed E-state index contributed by atoms with van der Waals surface area (Å²) in [6, 6.07) is 4.89. The predicted molar refractivity (Wildman–Crippen MR) is 68.3 cm³/mol. The van der Waals surface area contributed by atoms with Crippen molar-refractivity contribution in [2.45, 2.75) is 19.4 Å². The summed E-state index contributed by atoms with van der Waals surface area (Å²) in [6.07, 6.45) is 5.27. The lowest BCUT2D eigenvalue weighted by Crippen LogP contribution is -2.30. The van der Waals surface area contributed by atoms with Crippen LogP contribution in [0.2, 0.25) is 0 Å². The maximum atomic E-state index is 5.40. The zero-order valence-corrected chi connectivity index (χ0v) is 10.3. The van der Waals surface area contributed by atoms with Gasteiger partial charge in [-0.1, -0.05) is 18.2 Å². The molecule has 0 aliphatic carbocycles. The fourth-order valence-corrected chi connectivity index (χ4v) is 2.22. The largest absolute Gasteiger partial charge is 0.327 e. The van der Waals surface area contributed by atoms with Crippen LogP contribution in [0.25, 0.3) is 0 Å². The van der Waals surface area contributed by atoms with E-state index in [0.29, 0.717) is 12.6 Å². The Balaban J connectivity index is 2.33. The molecule has 2 nitrogen and oxygen atoms in total. The van der Waals surface area contributed by atoms with E-state index >= 15 is 0 Å². The number of nitrogens with two attached hydrogens (primary N) is 1.